The zero-order valence-corrected chi connectivity index (χ0v) is 23.0. The summed E-state index contributed by atoms with van der Waals surface area (Å²) in [6, 6.07) is -1.92. The number of rotatable bonds is 4. The van der Waals surface area contributed by atoms with Gasteiger partial charge in [0.05, 0.1) is 13.2 Å². The SMILES string of the molecule is CCOC(=O)[C@@]12C[C@@H]1/C=C\CCCCC[C@H](NC(=O)OC(C)(C)C)C(=O)N1C[C@H](OC(C)=O)C[C@H]1C(=O)N2. The van der Waals surface area contributed by atoms with Crippen molar-refractivity contribution in [2.24, 2.45) is 5.92 Å². The van der Waals surface area contributed by atoms with Crippen LogP contribution in [0.5, 0.6) is 0 Å². The van der Waals surface area contributed by atoms with Crippen LogP contribution in [0.2, 0.25) is 0 Å². The van der Waals surface area contributed by atoms with E-state index in [0.29, 0.717) is 19.3 Å². The summed E-state index contributed by atoms with van der Waals surface area (Å²) in [5.74, 6) is -2.22. The van der Waals surface area contributed by atoms with Gasteiger partial charge in [-0.05, 0) is 53.4 Å². The molecule has 212 valence electrons. The fourth-order valence-corrected chi connectivity index (χ4v) is 5.08. The fraction of sp³-hybridized carbons (Fsp3) is 0.741. The molecule has 3 rings (SSSR count). The van der Waals surface area contributed by atoms with Crippen LogP contribution >= 0.6 is 0 Å². The van der Waals surface area contributed by atoms with Gasteiger partial charge in [-0.15, -0.1) is 0 Å². The van der Waals surface area contributed by atoms with Crippen molar-refractivity contribution in [1.29, 1.82) is 0 Å². The molecule has 38 heavy (non-hydrogen) atoms. The number of ether oxygens (including phenoxy) is 3. The van der Waals surface area contributed by atoms with Crippen LogP contribution in [0.4, 0.5) is 4.79 Å². The predicted octanol–water partition coefficient (Wildman–Crippen LogP) is 2.37. The maximum Gasteiger partial charge on any atom is 0.408 e. The average Bonchev–Trinajstić information content (AvgIpc) is 3.33. The number of amides is 3. The quantitative estimate of drug-likeness (QED) is 0.318. The molecule has 2 fully saturated rings. The first kappa shape index (κ1) is 29.4. The maximum atomic E-state index is 13.8. The standard InChI is InChI=1S/C27H41N3O8/c1-6-36-24(34)27-15-18(27)12-10-8-7-9-11-13-20(28-25(35)38-26(3,4)5)23(33)30-16-19(37-17(2)31)14-21(30)22(32)29-27/h10,12,18-21H,6-9,11,13-16H2,1-5H3,(H,28,35)(H,29,32)/b12-10-/t18-,19+,20-,21-,27+/m0/s1. The van der Waals surface area contributed by atoms with Crippen molar-refractivity contribution in [2.45, 2.75) is 109 Å². The van der Waals surface area contributed by atoms with Gasteiger partial charge in [0.1, 0.15) is 29.3 Å². The van der Waals surface area contributed by atoms with Crippen molar-refractivity contribution in [1.82, 2.24) is 15.5 Å². The minimum atomic E-state index is -1.19. The fourth-order valence-electron chi connectivity index (χ4n) is 5.08. The number of alkyl carbamates (subject to hydrolysis) is 1. The highest BCUT2D eigenvalue weighted by Gasteiger charge is 2.62. The molecule has 0 radical (unpaired) electrons. The van der Waals surface area contributed by atoms with Crippen LogP contribution in [0.25, 0.3) is 0 Å². The lowest BCUT2D eigenvalue weighted by atomic mass is 10.0. The Morgan fingerprint density at radius 1 is 1.18 bits per heavy atom. The van der Waals surface area contributed by atoms with Crippen LogP contribution in [0.15, 0.2) is 12.2 Å². The van der Waals surface area contributed by atoms with E-state index in [1.165, 1.54) is 11.8 Å². The predicted molar refractivity (Wildman–Crippen MR) is 137 cm³/mol. The van der Waals surface area contributed by atoms with Gasteiger partial charge in [-0.2, -0.15) is 0 Å². The molecule has 1 saturated carbocycles. The Labute approximate surface area is 224 Å². The van der Waals surface area contributed by atoms with Crippen molar-refractivity contribution < 1.29 is 38.2 Å². The lowest BCUT2D eigenvalue weighted by molar-refractivity contribution is -0.150. The van der Waals surface area contributed by atoms with E-state index in [0.717, 1.165) is 19.3 Å². The highest BCUT2D eigenvalue weighted by atomic mass is 16.6. The molecule has 2 N–H and O–H groups in total. The van der Waals surface area contributed by atoms with E-state index < -0.39 is 59.2 Å². The lowest BCUT2D eigenvalue weighted by Crippen LogP contribution is -2.56. The minimum Gasteiger partial charge on any atom is -0.464 e. The molecule has 11 nitrogen and oxygen atoms in total. The summed E-state index contributed by atoms with van der Waals surface area (Å²) in [7, 11) is 0. The minimum absolute atomic E-state index is 0.00125. The Morgan fingerprint density at radius 2 is 1.92 bits per heavy atom. The molecule has 2 heterocycles. The molecule has 2 aliphatic heterocycles. The Bertz CT molecular complexity index is 958. The third-order valence-corrected chi connectivity index (χ3v) is 6.90. The van der Waals surface area contributed by atoms with Gasteiger partial charge in [0, 0.05) is 19.3 Å². The van der Waals surface area contributed by atoms with Gasteiger partial charge in [0.15, 0.2) is 0 Å². The van der Waals surface area contributed by atoms with E-state index >= 15 is 0 Å². The number of hydrogen-bond donors (Lipinski definition) is 2. The zero-order valence-electron chi connectivity index (χ0n) is 23.0. The highest BCUT2D eigenvalue weighted by Crippen LogP contribution is 2.46. The van der Waals surface area contributed by atoms with Crippen LogP contribution in [-0.4, -0.2) is 77.2 Å². The first-order chi connectivity index (χ1) is 17.9. The Kier molecular flexibility index (Phi) is 9.43. The molecule has 1 aliphatic carbocycles. The number of carbonyl (C=O) groups is 5. The number of fused-ring (bicyclic) bond motifs is 2. The van der Waals surface area contributed by atoms with Gasteiger partial charge in [-0.1, -0.05) is 25.0 Å². The Morgan fingerprint density at radius 3 is 2.58 bits per heavy atom. The topological polar surface area (TPSA) is 140 Å². The molecule has 3 amide bonds. The summed E-state index contributed by atoms with van der Waals surface area (Å²) in [5.41, 5.74) is -1.94. The molecule has 1 saturated heterocycles. The van der Waals surface area contributed by atoms with Crippen LogP contribution in [0, 0.1) is 5.92 Å². The number of carbonyl (C=O) groups excluding carboxylic acids is 5. The van der Waals surface area contributed by atoms with Gasteiger partial charge in [-0.25, -0.2) is 9.59 Å². The smallest absolute Gasteiger partial charge is 0.408 e. The summed E-state index contributed by atoms with van der Waals surface area (Å²) in [6.07, 6.45) is 6.55. The second-order valence-corrected chi connectivity index (χ2v) is 11.2. The van der Waals surface area contributed by atoms with Crippen molar-refractivity contribution in [3.8, 4) is 0 Å². The van der Waals surface area contributed by atoms with Gasteiger partial charge in [-0.3, -0.25) is 14.4 Å². The van der Waals surface area contributed by atoms with Crippen LogP contribution in [0.1, 0.15) is 79.6 Å². The molecule has 5 atom stereocenters. The number of nitrogens with zero attached hydrogens (tertiary/aromatic N) is 1. The average molecular weight is 536 g/mol. The van der Waals surface area contributed by atoms with E-state index in [-0.39, 0.29) is 25.5 Å². The largest absolute Gasteiger partial charge is 0.464 e. The molecule has 3 aliphatic rings. The van der Waals surface area contributed by atoms with Crippen molar-refractivity contribution in [3.05, 3.63) is 12.2 Å². The number of esters is 2. The Balaban J connectivity index is 1.90. The van der Waals surface area contributed by atoms with E-state index in [9.17, 15) is 24.0 Å². The van der Waals surface area contributed by atoms with Gasteiger partial charge >= 0.3 is 18.0 Å². The third-order valence-electron chi connectivity index (χ3n) is 6.90. The maximum absolute atomic E-state index is 13.8. The summed E-state index contributed by atoms with van der Waals surface area (Å²) >= 11 is 0. The second kappa shape index (κ2) is 12.2. The molecular formula is C27H41N3O8. The van der Waals surface area contributed by atoms with E-state index in [2.05, 4.69) is 10.6 Å². The highest BCUT2D eigenvalue weighted by molar-refractivity contribution is 5.96. The van der Waals surface area contributed by atoms with Crippen molar-refractivity contribution in [2.75, 3.05) is 13.2 Å². The monoisotopic (exact) mass is 535 g/mol. The van der Waals surface area contributed by atoms with Gasteiger partial charge in [0.25, 0.3) is 0 Å². The molecule has 0 bridgehead atoms. The molecule has 11 heteroatoms. The lowest BCUT2D eigenvalue weighted by Gasteiger charge is -2.30. The number of allylic oxidation sites excluding steroid dienone is 1. The van der Waals surface area contributed by atoms with E-state index in [1.807, 2.05) is 12.2 Å². The third kappa shape index (κ3) is 7.48. The first-order valence-corrected chi connectivity index (χ1v) is 13.5. The number of hydrogen-bond acceptors (Lipinski definition) is 8. The zero-order chi connectivity index (χ0) is 28.1. The Hall–Kier alpha value is -3.11. The van der Waals surface area contributed by atoms with E-state index in [4.69, 9.17) is 14.2 Å². The van der Waals surface area contributed by atoms with E-state index in [1.54, 1.807) is 27.7 Å². The van der Waals surface area contributed by atoms with Crippen LogP contribution in [-0.2, 0) is 33.4 Å². The molecule has 0 unspecified atom stereocenters. The van der Waals surface area contributed by atoms with Crippen molar-refractivity contribution in [3.63, 3.8) is 0 Å². The van der Waals surface area contributed by atoms with Crippen LogP contribution in [0.3, 0.4) is 0 Å². The van der Waals surface area contributed by atoms with Crippen LogP contribution < -0.4 is 10.6 Å². The van der Waals surface area contributed by atoms with Gasteiger partial charge in [0.2, 0.25) is 11.8 Å². The van der Waals surface area contributed by atoms with Crippen molar-refractivity contribution >= 4 is 29.8 Å². The molecule has 0 aromatic carbocycles. The first-order valence-electron chi connectivity index (χ1n) is 13.5. The molecule has 0 aromatic rings. The summed E-state index contributed by atoms with van der Waals surface area (Å²) < 4.78 is 16.0. The summed E-state index contributed by atoms with van der Waals surface area (Å²) in [5, 5.41) is 5.54. The molecular weight excluding hydrogens is 494 g/mol. The summed E-state index contributed by atoms with van der Waals surface area (Å²) in [6.45, 7) is 8.33. The number of nitrogens with one attached hydrogen (secondary N) is 2. The molecule has 0 aromatic heterocycles. The molecule has 0 spiro atoms. The summed E-state index contributed by atoms with van der Waals surface area (Å²) in [4.78, 5) is 65.8. The second-order valence-electron chi connectivity index (χ2n) is 11.2. The normalized spacial score (nSPS) is 30.9. The van der Waals surface area contributed by atoms with Gasteiger partial charge < -0.3 is 29.7 Å².